The highest BCUT2D eigenvalue weighted by Gasteiger charge is 2.08. The van der Waals surface area contributed by atoms with Crippen molar-refractivity contribution in [2.24, 2.45) is 0 Å². The Morgan fingerprint density at radius 2 is 2.05 bits per heavy atom. The van der Waals surface area contributed by atoms with Gasteiger partial charge in [-0.2, -0.15) is 0 Å². The normalized spacial score (nSPS) is 11.1. The van der Waals surface area contributed by atoms with Gasteiger partial charge in [-0.25, -0.2) is 0 Å². The van der Waals surface area contributed by atoms with Crippen LogP contribution in [0.3, 0.4) is 0 Å². The molecule has 5 nitrogen and oxygen atoms in total. The molecular formula is C14H14N4O. The standard InChI is InChI=1S/C14H14N4O/c1-3-11-5-4-6-12(9-11)18-8-7-17-10(2)15-16-13(17)14(18)19/h4-9H,3H2,1-2H3. The molecule has 3 aromatic rings. The quantitative estimate of drug-likeness (QED) is 0.700. The maximum Gasteiger partial charge on any atom is 0.300 e. The summed E-state index contributed by atoms with van der Waals surface area (Å²) < 4.78 is 3.30. The van der Waals surface area contributed by atoms with Crippen LogP contribution in [0.25, 0.3) is 11.3 Å². The van der Waals surface area contributed by atoms with E-state index in [1.54, 1.807) is 15.2 Å². The first-order valence-electron chi connectivity index (χ1n) is 6.23. The Morgan fingerprint density at radius 1 is 1.21 bits per heavy atom. The van der Waals surface area contributed by atoms with E-state index in [0.29, 0.717) is 11.5 Å². The number of hydrogen-bond donors (Lipinski definition) is 0. The van der Waals surface area contributed by atoms with Gasteiger partial charge in [-0.1, -0.05) is 19.1 Å². The molecule has 0 unspecified atom stereocenters. The molecule has 0 spiro atoms. The number of aryl methyl sites for hydroxylation is 2. The van der Waals surface area contributed by atoms with Crippen molar-refractivity contribution in [3.05, 3.63) is 58.4 Å². The molecule has 2 aromatic heterocycles. The van der Waals surface area contributed by atoms with Gasteiger partial charge in [0, 0.05) is 18.1 Å². The summed E-state index contributed by atoms with van der Waals surface area (Å²) in [6.45, 7) is 3.91. The molecule has 0 aliphatic heterocycles. The van der Waals surface area contributed by atoms with Crippen LogP contribution in [0.4, 0.5) is 0 Å². The van der Waals surface area contributed by atoms with Gasteiger partial charge in [0.05, 0.1) is 0 Å². The third-order valence-electron chi connectivity index (χ3n) is 3.24. The van der Waals surface area contributed by atoms with Gasteiger partial charge in [0.25, 0.3) is 0 Å². The summed E-state index contributed by atoms with van der Waals surface area (Å²) in [4.78, 5) is 12.4. The summed E-state index contributed by atoms with van der Waals surface area (Å²) in [5, 5.41) is 7.85. The van der Waals surface area contributed by atoms with Crippen LogP contribution in [-0.4, -0.2) is 19.2 Å². The molecule has 0 bridgehead atoms. The van der Waals surface area contributed by atoms with Crippen LogP contribution < -0.4 is 5.56 Å². The van der Waals surface area contributed by atoms with Crippen LogP contribution in [0.5, 0.6) is 0 Å². The SMILES string of the molecule is CCc1cccc(-n2ccn3c(C)nnc3c2=O)c1. The van der Waals surface area contributed by atoms with Crippen LogP contribution in [0.2, 0.25) is 0 Å². The molecule has 0 fully saturated rings. The van der Waals surface area contributed by atoms with E-state index in [1.807, 2.05) is 37.4 Å². The number of rotatable bonds is 2. The Hall–Kier alpha value is -2.43. The monoisotopic (exact) mass is 254 g/mol. The number of nitrogens with zero attached hydrogens (tertiary/aromatic N) is 4. The average Bonchev–Trinajstić information content (AvgIpc) is 2.82. The molecule has 0 aliphatic rings. The first kappa shape index (κ1) is 11.6. The van der Waals surface area contributed by atoms with E-state index < -0.39 is 0 Å². The molecule has 0 radical (unpaired) electrons. The summed E-state index contributed by atoms with van der Waals surface area (Å²) >= 11 is 0. The van der Waals surface area contributed by atoms with Crippen molar-refractivity contribution >= 4 is 5.65 Å². The highest BCUT2D eigenvalue weighted by atomic mass is 16.1. The minimum Gasteiger partial charge on any atom is -0.281 e. The predicted octanol–water partition coefficient (Wildman–Crippen LogP) is 1.75. The molecule has 0 aliphatic carbocycles. The lowest BCUT2D eigenvalue weighted by Gasteiger charge is -2.07. The number of benzene rings is 1. The van der Waals surface area contributed by atoms with Crippen molar-refractivity contribution in [2.45, 2.75) is 20.3 Å². The number of hydrogen-bond acceptors (Lipinski definition) is 3. The molecular weight excluding hydrogens is 240 g/mol. The topological polar surface area (TPSA) is 52.2 Å². The highest BCUT2D eigenvalue weighted by molar-refractivity contribution is 5.42. The van der Waals surface area contributed by atoms with Crippen molar-refractivity contribution in [1.82, 2.24) is 19.2 Å². The fourth-order valence-electron chi connectivity index (χ4n) is 2.13. The Balaban J connectivity index is 2.25. The molecule has 2 heterocycles. The van der Waals surface area contributed by atoms with E-state index in [4.69, 9.17) is 0 Å². The van der Waals surface area contributed by atoms with Crippen LogP contribution >= 0.6 is 0 Å². The van der Waals surface area contributed by atoms with Gasteiger partial charge in [0.15, 0.2) is 0 Å². The second-order valence-electron chi connectivity index (χ2n) is 4.44. The maximum atomic E-state index is 12.4. The van der Waals surface area contributed by atoms with Crippen molar-refractivity contribution in [1.29, 1.82) is 0 Å². The maximum absolute atomic E-state index is 12.4. The first-order valence-corrected chi connectivity index (χ1v) is 6.23. The van der Waals surface area contributed by atoms with Gasteiger partial charge in [0.2, 0.25) is 5.65 Å². The van der Waals surface area contributed by atoms with Crippen LogP contribution in [0, 0.1) is 6.92 Å². The van der Waals surface area contributed by atoms with Gasteiger partial charge in [-0.15, -0.1) is 10.2 Å². The van der Waals surface area contributed by atoms with Crippen LogP contribution in [0.15, 0.2) is 41.5 Å². The van der Waals surface area contributed by atoms with E-state index >= 15 is 0 Å². The van der Waals surface area contributed by atoms with Gasteiger partial charge in [-0.3, -0.25) is 13.8 Å². The van der Waals surface area contributed by atoms with Crippen LogP contribution in [-0.2, 0) is 6.42 Å². The summed E-state index contributed by atoms with van der Waals surface area (Å²) in [7, 11) is 0. The summed E-state index contributed by atoms with van der Waals surface area (Å²) in [6.07, 6.45) is 4.50. The molecule has 96 valence electrons. The Morgan fingerprint density at radius 3 is 2.84 bits per heavy atom. The molecule has 5 heteroatoms. The third kappa shape index (κ3) is 1.83. The fourth-order valence-corrected chi connectivity index (χ4v) is 2.13. The fraction of sp³-hybridized carbons (Fsp3) is 0.214. The molecule has 0 atom stereocenters. The largest absolute Gasteiger partial charge is 0.300 e. The second-order valence-corrected chi connectivity index (χ2v) is 4.44. The lowest BCUT2D eigenvalue weighted by molar-refractivity contribution is 0.933. The van der Waals surface area contributed by atoms with Gasteiger partial charge >= 0.3 is 5.56 Å². The zero-order valence-electron chi connectivity index (χ0n) is 10.9. The molecule has 0 saturated heterocycles. The lowest BCUT2D eigenvalue weighted by atomic mass is 10.1. The molecule has 19 heavy (non-hydrogen) atoms. The Labute approximate surface area is 110 Å². The third-order valence-corrected chi connectivity index (χ3v) is 3.24. The smallest absolute Gasteiger partial charge is 0.281 e. The summed E-state index contributed by atoms with van der Waals surface area (Å²) in [5.41, 5.74) is 2.24. The van der Waals surface area contributed by atoms with E-state index in [-0.39, 0.29) is 5.56 Å². The minimum atomic E-state index is -0.156. The molecule has 0 N–H and O–H groups in total. The minimum absolute atomic E-state index is 0.156. The zero-order valence-corrected chi connectivity index (χ0v) is 10.9. The van der Waals surface area contributed by atoms with E-state index in [9.17, 15) is 4.79 Å². The first-order chi connectivity index (χ1) is 9.20. The van der Waals surface area contributed by atoms with Crippen LogP contribution in [0.1, 0.15) is 18.3 Å². The highest BCUT2D eigenvalue weighted by Crippen LogP contribution is 2.10. The molecule has 0 amide bonds. The van der Waals surface area contributed by atoms with Crippen molar-refractivity contribution < 1.29 is 0 Å². The number of aromatic nitrogens is 4. The second kappa shape index (κ2) is 4.35. The van der Waals surface area contributed by atoms with Gasteiger partial charge in [0.1, 0.15) is 5.82 Å². The molecule has 0 saturated carbocycles. The predicted molar refractivity (Wildman–Crippen MR) is 72.7 cm³/mol. The number of fused-ring (bicyclic) bond motifs is 1. The zero-order chi connectivity index (χ0) is 13.4. The average molecular weight is 254 g/mol. The molecule has 1 aromatic carbocycles. The molecule has 3 rings (SSSR count). The van der Waals surface area contributed by atoms with E-state index in [1.165, 1.54) is 5.56 Å². The van der Waals surface area contributed by atoms with Crippen molar-refractivity contribution in [2.75, 3.05) is 0 Å². The van der Waals surface area contributed by atoms with E-state index in [0.717, 1.165) is 12.1 Å². The van der Waals surface area contributed by atoms with E-state index in [2.05, 4.69) is 17.1 Å². The van der Waals surface area contributed by atoms with Gasteiger partial charge in [-0.05, 0) is 31.0 Å². The van der Waals surface area contributed by atoms with Crippen molar-refractivity contribution in [3.63, 3.8) is 0 Å². The summed E-state index contributed by atoms with van der Waals surface area (Å²) in [5.74, 6) is 0.710. The Bertz CT molecular complexity index is 801. The van der Waals surface area contributed by atoms with Gasteiger partial charge < -0.3 is 0 Å². The van der Waals surface area contributed by atoms with Crippen molar-refractivity contribution in [3.8, 4) is 5.69 Å². The lowest BCUT2D eigenvalue weighted by Crippen LogP contribution is -2.20. The summed E-state index contributed by atoms with van der Waals surface area (Å²) in [6, 6.07) is 7.94. The Kier molecular flexibility index (Phi) is 2.67.